The van der Waals surface area contributed by atoms with E-state index in [0.29, 0.717) is 0 Å². The predicted octanol–water partition coefficient (Wildman–Crippen LogP) is 2.91. The Hall–Kier alpha value is 0.240. The maximum Gasteiger partial charge on any atom is 0.235 e. The van der Waals surface area contributed by atoms with E-state index in [1.54, 1.807) is 0 Å². The molecule has 4 heteroatoms. The first-order valence-corrected chi connectivity index (χ1v) is 7.12. The number of hydrogen-bond acceptors (Lipinski definition) is 2. The Morgan fingerprint density at radius 2 is 1.85 bits per heavy atom. The molecule has 1 aliphatic rings. The molecule has 78 valence electrons. The van der Waals surface area contributed by atoms with Crippen molar-refractivity contribution >= 4 is 19.7 Å². The maximum absolute atomic E-state index is 11.1. The number of rotatable bonds is 1. The first kappa shape index (κ1) is 11.3. The molecule has 0 radical (unpaired) electrons. The summed E-state index contributed by atoms with van der Waals surface area (Å²) in [5, 5.41) is -0.309. The Kier molecular flexibility index (Phi) is 3.29. The minimum atomic E-state index is -3.33. The molecule has 0 amide bonds. The van der Waals surface area contributed by atoms with Crippen molar-refractivity contribution in [3.63, 3.8) is 0 Å². The largest absolute Gasteiger partial charge is 0.235 e. The molecule has 0 aromatic heterocycles. The fourth-order valence-electron chi connectivity index (χ4n) is 1.91. The van der Waals surface area contributed by atoms with E-state index in [1.165, 1.54) is 0 Å². The second-order valence-electron chi connectivity index (χ2n) is 4.69. The molecule has 1 atom stereocenters. The van der Waals surface area contributed by atoms with E-state index in [1.807, 2.05) is 0 Å². The summed E-state index contributed by atoms with van der Waals surface area (Å²) in [6.07, 6.45) is 4.50. The molecule has 0 bridgehead atoms. The third kappa shape index (κ3) is 3.47. The molecule has 13 heavy (non-hydrogen) atoms. The quantitative estimate of drug-likeness (QED) is 0.507. The second-order valence-corrected chi connectivity index (χ2v) is 7.60. The molecular formula is C9H17ClO2S. The highest BCUT2D eigenvalue weighted by Crippen LogP contribution is 2.36. The highest BCUT2D eigenvalue weighted by atomic mass is 35.7. The molecule has 1 fully saturated rings. The lowest BCUT2D eigenvalue weighted by Crippen LogP contribution is -2.16. The molecule has 0 aliphatic heterocycles. The van der Waals surface area contributed by atoms with Crippen LogP contribution in [0.3, 0.4) is 0 Å². The van der Waals surface area contributed by atoms with Gasteiger partial charge in [0.25, 0.3) is 0 Å². The van der Waals surface area contributed by atoms with Gasteiger partial charge >= 0.3 is 0 Å². The molecule has 1 rings (SSSR count). The third-order valence-electron chi connectivity index (χ3n) is 2.92. The van der Waals surface area contributed by atoms with Gasteiger partial charge in [0.1, 0.15) is 0 Å². The molecule has 0 N–H and O–H groups in total. The van der Waals surface area contributed by atoms with Crippen molar-refractivity contribution < 1.29 is 8.42 Å². The monoisotopic (exact) mass is 224 g/mol. The summed E-state index contributed by atoms with van der Waals surface area (Å²) < 4.78 is 22.2. The summed E-state index contributed by atoms with van der Waals surface area (Å²) in [6.45, 7) is 4.38. The first-order chi connectivity index (χ1) is 5.81. The van der Waals surface area contributed by atoms with Crippen LogP contribution in [0.2, 0.25) is 0 Å². The van der Waals surface area contributed by atoms with Gasteiger partial charge in [-0.05, 0) is 31.1 Å². The lowest BCUT2D eigenvalue weighted by Gasteiger charge is -2.21. The first-order valence-electron chi connectivity index (χ1n) is 4.75. The summed E-state index contributed by atoms with van der Waals surface area (Å²) in [5.74, 6) is 0. The van der Waals surface area contributed by atoms with Gasteiger partial charge in [0.05, 0.1) is 5.25 Å². The van der Waals surface area contributed by atoms with Crippen molar-refractivity contribution in [1.29, 1.82) is 0 Å². The van der Waals surface area contributed by atoms with Gasteiger partial charge in [0.2, 0.25) is 9.05 Å². The average molecular weight is 225 g/mol. The molecular weight excluding hydrogens is 208 g/mol. The molecule has 0 spiro atoms. The van der Waals surface area contributed by atoms with Crippen LogP contribution in [-0.4, -0.2) is 13.7 Å². The van der Waals surface area contributed by atoms with Crippen LogP contribution >= 0.6 is 10.7 Å². The van der Waals surface area contributed by atoms with Crippen molar-refractivity contribution in [3.05, 3.63) is 0 Å². The van der Waals surface area contributed by atoms with E-state index < -0.39 is 9.05 Å². The molecule has 1 saturated carbocycles. The van der Waals surface area contributed by atoms with Crippen LogP contribution in [0.5, 0.6) is 0 Å². The third-order valence-corrected chi connectivity index (χ3v) is 4.94. The highest BCUT2D eigenvalue weighted by Gasteiger charge is 2.30. The molecule has 0 aromatic rings. The fraction of sp³-hybridized carbons (Fsp3) is 1.00. The molecule has 2 nitrogen and oxygen atoms in total. The topological polar surface area (TPSA) is 34.1 Å². The summed E-state index contributed by atoms with van der Waals surface area (Å²) in [4.78, 5) is 0. The van der Waals surface area contributed by atoms with Gasteiger partial charge in [-0.2, -0.15) is 0 Å². The normalized spacial score (nSPS) is 29.6. The lowest BCUT2D eigenvalue weighted by molar-refractivity contribution is 0.314. The van der Waals surface area contributed by atoms with Crippen LogP contribution in [-0.2, 0) is 9.05 Å². The SMILES string of the molecule is CC1(C)CCCC(S(=O)(=O)Cl)CC1. The van der Waals surface area contributed by atoms with Crippen LogP contribution in [0, 0.1) is 5.41 Å². The van der Waals surface area contributed by atoms with Crippen LogP contribution in [0.1, 0.15) is 46.0 Å². The minimum absolute atomic E-state index is 0.288. The van der Waals surface area contributed by atoms with Gasteiger partial charge in [0, 0.05) is 10.7 Å². The summed E-state index contributed by atoms with van der Waals surface area (Å²) in [7, 11) is 2.02. The molecule has 1 aliphatic carbocycles. The molecule has 0 aromatic carbocycles. The summed E-state index contributed by atoms with van der Waals surface area (Å²) in [5.41, 5.74) is 0.288. The van der Waals surface area contributed by atoms with Gasteiger partial charge in [-0.25, -0.2) is 8.42 Å². The lowest BCUT2D eigenvalue weighted by atomic mass is 9.85. The zero-order valence-corrected chi connectivity index (χ0v) is 9.79. The Balaban J connectivity index is 2.66. The zero-order chi connectivity index (χ0) is 10.1. The van der Waals surface area contributed by atoms with Gasteiger partial charge in [-0.1, -0.05) is 20.3 Å². The average Bonchev–Trinajstić information content (AvgIpc) is 2.08. The van der Waals surface area contributed by atoms with Crippen molar-refractivity contribution in [1.82, 2.24) is 0 Å². The van der Waals surface area contributed by atoms with Crippen LogP contribution in [0.15, 0.2) is 0 Å². The van der Waals surface area contributed by atoms with Crippen LogP contribution in [0.25, 0.3) is 0 Å². The van der Waals surface area contributed by atoms with E-state index in [9.17, 15) is 8.42 Å². The van der Waals surface area contributed by atoms with Crippen molar-refractivity contribution in [2.75, 3.05) is 0 Å². The van der Waals surface area contributed by atoms with Gasteiger partial charge < -0.3 is 0 Å². The standard InChI is InChI=1S/C9H17ClO2S/c1-9(2)6-3-4-8(5-7-9)13(10,11)12/h8H,3-7H2,1-2H3. The van der Waals surface area contributed by atoms with E-state index >= 15 is 0 Å². The molecule has 1 unspecified atom stereocenters. The Morgan fingerprint density at radius 1 is 1.23 bits per heavy atom. The summed E-state index contributed by atoms with van der Waals surface area (Å²) in [6, 6.07) is 0. The van der Waals surface area contributed by atoms with Gasteiger partial charge in [-0.15, -0.1) is 0 Å². The Bertz CT molecular complexity index is 269. The molecule has 0 heterocycles. The maximum atomic E-state index is 11.1. The number of halogens is 1. The Labute approximate surface area is 85.1 Å². The van der Waals surface area contributed by atoms with E-state index in [2.05, 4.69) is 13.8 Å². The fourth-order valence-corrected chi connectivity index (χ4v) is 3.29. The van der Waals surface area contributed by atoms with Crippen LogP contribution in [0.4, 0.5) is 0 Å². The van der Waals surface area contributed by atoms with Crippen molar-refractivity contribution in [2.24, 2.45) is 5.41 Å². The minimum Gasteiger partial charge on any atom is -0.212 e. The van der Waals surface area contributed by atoms with Gasteiger partial charge in [-0.3, -0.25) is 0 Å². The smallest absolute Gasteiger partial charge is 0.212 e. The van der Waals surface area contributed by atoms with E-state index in [4.69, 9.17) is 10.7 Å². The van der Waals surface area contributed by atoms with Gasteiger partial charge in [0.15, 0.2) is 0 Å². The van der Waals surface area contributed by atoms with E-state index in [0.717, 1.165) is 32.1 Å². The number of hydrogen-bond donors (Lipinski definition) is 0. The highest BCUT2D eigenvalue weighted by molar-refractivity contribution is 8.14. The summed E-state index contributed by atoms with van der Waals surface area (Å²) >= 11 is 0. The van der Waals surface area contributed by atoms with Crippen molar-refractivity contribution in [3.8, 4) is 0 Å². The zero-order valence-electron chi connectivity index (χ0n) is 8.22. The predicted molar refractivity (Wildman–Crippen MR) is 55.4 cm³/mol. The van der Waals surface area contributed by atoms with E-state index in [-0.39, 0.29) is 10.7 Å². The van der Waals surface area contributed by atoms with Crippen molar-refractivity contribution in [2.45, 2.75) is 51.2 Å². The molecule has 0 saturated heterocycles. The van der Waals surface area contributed by atoms with Crippen LogP contribution < -0.4 is 0 Å². The Morgan fingerprint density at radius 3 is 2.38 bits per heavy atom. The second kappa shape index (κ2) is 3.77.